The lowest BCUT2D eigenvalue weighted by Gasteiger charge is -2.35. The van der Waals surface area contributed by atoms with Crippen LogP contribution in [0.25, 0.3) is 6.08 Å². The molecule has 2 saturated heterocycles. The van der Waals surface area contributed by atoms with Gasteiger partial charge in [-0.1, -0.05) is 52.3 Å². The number of rotatable bonds is 4. The van der Waals surface area contributed by atoms with E-state index in [1.807, 2.05) is 30.3 Å². The molecule has 3 aliphatic rings. The first-order chi connectivity index (χ1) is 17.4. The minimum absolute atomic E-state index is 0.128. The van der Waals surface area contributed by atoms with Gasteiger partial charge in [0, 0.05) is 28.4 Å². The molecule has 9 heteroatoms. The number of nitro groups is 1. The highest BCUT2D eigenvalue weighted by Gasteiger charge is 2.64. The van der Waals surface area contributed by atoms with Gasteiger partial charge in [-0.05, 0) is 41.5 Å². The summed E-state index contributed by atoms with van der Waals surface area (Å²) in [7, 11) is 0. The number of halogens is 1. The number of amides is 2. The second kappa shape index (κ2) is 8.23. The molecule has 2 amide bonds. The third kappa shape index (κ3) is 3.23. The Morgan fingerprint density at radius 2 is 1.64 bits per heavy atom. The predicted molar refractivity (Wildman–Crippen MR) is 135 cm³/mol. The Bertz CT molecular complexity index is 1480. The van der Waals surface area contributed by atoms with E-state index in [-0.39, 0.29) is 17.2 Å². The van der Waals surface area contributed by atoms with E-state index in [1.165, 1.54) is 29.2 Å². The van der Waals surface area contributed by atoms with E-state index in [2.05, 4.69) is 15.9 Å². The highest BCUT2D eigenvalue weighted by molar-refractivity contribution is 9.10. The summed E-state index contributed by atoms with van der Waals surface area (Å²) < 4.78 is 0.807. The van der Waals surface area contributed by atoms with Crippen molar-refractivity contribution in [3.63, 3.8) is 0 Å². The topological polar surface area (TPSA) is 101 Å². The van der Waals surface area contributed by atoms with Gasteiger partial charge in [-0.3, -0.25) is 24.5 Å². The number of non-ortho nitro benzene ring substituents is 1. The zero-order valence-electron chi connectivity index (χ0n) is 18.7. The SMILES string of the molecule is O=C(c1cccc([N+](=O)[O-])c1)[C@@H]1[C@@H]2C(=O)N(c3ccc(Br)cc3)C(=O)[C@@H]2C2c3ccccc3C=CN21. The zero-order valence-corrected chi connectivity index (χ0v) is 20.2. The van der Waals surface area contributed by atoms with Crippen LogP contribution in [-0.2, 0) is 9.59 Å². The summed E-state index contributed by atoms with van der Waals surface area (Å²) >= 11 is 3.37. The number of nitro benzene ring substituents is 1. The summed E-state index contributed by atoms with van der Waals surface area (Å²) in [6, 6.07) is 18.5. The van der Waals surface area contributed by atoms with Gasteiger partial charge in [-0.15, -0.1) is 0 Å². The van der Waals surface area contributed by atoms with Gasteiger partial charge < -0.3 is 4.90 Å². The highest BCUT2D eigenvalue weighted by Crippen LogP contribution is 2.53. The van der Waals surface area contributed by atoms with Crippen molar-refractivity contribution in [3.8, 4) is 0 Å². The van der Waals surface area contributed by atoms with Crippen molar-refractivity contribution in [3.05, 3.63) is 110 Å². The number of anilines is 1. The van der Waals surface area contributed by atoms with Gasteiger partial charge in [0.2, 0.25) is 11.8 Å². The molecule has 3 aromatic rings. The number of nitrogens with zero attached hydrogens (tertiary/aromatic N) is 3. The molecule has 0 aliphatic carbocycles. The van der Waals surface area contributed by atoms with E-state index in [1.54, 1.807) is 35.4 Å². The normalized spacial score (nSPS) is 23.9. The Labute approximate surface area is 214 Å². The van der Waals surface area contributed by atoms with Crippen molar-refractivity contribution in [2.75, 3.05) is 4.90 Å². The fourth-order valence-corrected chi connectivity index (χ4v) is 5.91. The van der Waals surface area contributed by atoms with Gasteiger partial charge in [0.1, 0.15) is 6.04 Å². The molecule has 0 N–H and O–H groups in total. The Morgan fingerprint density at radius 1 is 0.917 bits per heavy atom. The van der Waals surface area contributed by atoms with Crippen LogP contribution in [0.5, 0.6) is 0 Å². The molecular weight excluding hydrogens is 526 g/mol. The number of ketones is 1. The van der Waals surface area contributed by atoms with Crippen molar-refractivity contribution >= 4 is 51.0 Å². The maximum absolute atomic E-state index is 13.9. The highest BCUT2D eigenvalue weighted by atomic mass is 79.9. The summed E-state index contributed by atoms with van der Waals surface area (Å²) in [5.41, 5.74) is 2.14. The first-order valence-corrected chi connectivity index (χ1v) is 12.1. The predicted octanol–water partition coefficient (Wildman–Crippen LogP) is 4.76. The second-order valence-electron chi connectivity index (χ2n) is 8.99. The molecule has 0 radical (unpaired) electrons. The van der Waals surface area contributed by atoms with Crippen LogP contribution in [0, 0.1) is 22.0 Å². The molecule has 8 nitrogen and oxygen atoms in total. The van der Waals surface area contributed by atoms with E-state index in [9.17, 15) is 24.5 Å². The molecule has 178 valence electrons. The summed E-state index contributed by atoms with van der Waals surface area (Å²) in [6.45, 7) is 0. The number of hydrogen-bond donors (Lipinski definition) is 0. The molecule has 4 atom stereocenters. The molecule has 0 spiro atoms. The van der Waals surface area contributed by atoms with Crippen molar-refractivity contribution < 1.29 is 19.3 Å². The van der Waals surface area contributed by atoms with Crippen LogP contribution in [0.2, 0.25) is 0 Å². The Balaban J connectivity index is 1.49. The minimum Gasteiger partial charge on any atom is -0.358 e. The fourth-order valence-electron chi connectivity index (χ4n) is 5.65. The molecule has 6 rings (SSSR count). The van der Waals surface area contributed by atoms with Gasteiger partial charge in [0.15, 0.2) is 5.78 Å². The van der Waals surface area contributed by atoms with Crippen LogP contribution in [0.15, 0.2) is 83.5 Å². The lowest BCUT2D eigenvalue weighted by Crippen LogP contribution is -2.44. The van der Waals surface area contributed by atoms with E-state index in [0.717, 1.165) is 15.6 Å². The molecule has 0 aromatic heterocycles. The summed E-state index contributed by atoms with van der Waals surface area (Å²) in [4.78, 5) is 55.3. The average Bonchev–Trinajstić information content (AvgIpc) is 3.37. The largest absolute Gasteiger partial charge is 0.358 e. The molecule has 2 fully saturated rings. The first-order valence-electron chi connectivity index (χ1n) is 11.3. The lowest BCUT2D eigenvalue weighted by molar-refractivity contribution is -0.384. The molecule has 0 saturated carbocycles. The fraction of sp³-hybridized carbons (Fsp3) is 0.148. The average molecular weight is 544 g/mol. The van der Waals surface area contributed by atoms with Gasteiger partial charge >= 0.3 is 0 Å². The molecule has 3 aromatic carbocycles. The molecule has 0 bridgehead atoms. The van der Waals surface area contributed by atoms with Crippen molar-refractivity contribution in [2.24, 2.45) is 11.8 Å². The third-order valence-electron chi connectivity index (χ3n) is 7.16. The summed E-state index contributed by atoms with van der Waals surface area (Å²) in [5, 5.41) is 11.3. The maximum Gasteiger partial charge on any atom is 0.270 e. The Morgan fingerprint density at radius 3 is 2.39 bits per heavy atom. The molecule has 1 unspecified atom stereocenters. The van der Waals surface area contributed by atoms with Crippen LogP contribution < -0.4 is 4.90 Å². The van der Waals surface area contributed by atoms with Crippen LogP contribution in [0.1, 0.15) is 27.5 Å². The van der Waals surface area contributed by atoms with Crippen LogP contribution in [0.4, 0.5) is 11.4 Å². The van der Waals surface area contributed by atoms with Gasteiger partial charge in [-0.25, -0.2) is 4.90 Å². The molecular formula is C27H18BrN3O5. The van der Waals surface area contributed by atoms with E-state index in [4.69, 9.17) is 0 Å². The third-order valence-corrected chi connectivity index (χ3v) is 7.69. The molecule has 3 aliphatic heterocycles. The van der Waals surface area contributed by atoms with Gasteiger partial charge in [-0.2, -0.15) is 0 Å². The molecule has 3 heterocycles. The molecule has 36 heavy (non-hydrogen) atoms. The minimum atomic E-state index is -0.983. The zero-order chi connectivity index (χ0) is 25.1. The number of benzene rings is 3. The summed E-state index contributed by atoms with van der Waals surface area (Å²) in [6.07, 6.45) is 3.62. The van der Waals surface area contributed by atoms with E-state index < -0.39 is 40.5 Å². The van der Waals surface area contributed by atoms with E-state index in [0.29, 0.717) is 5.69 Å². The standard InChI is InChI=1S/C27H18BrN3O5/c28-17-8-10-18(11-9-17)30-26(33)21-22(27(30)34)24(25(32)16-5-3-6-19(14-16)31(35)36)29-13-12-15-4-1-2-7-20(15)23(21)29/h1-14,21-24H/t21-,22+,23?,24-/m0/s1. The first kappa shape index (κ1) is 22.4. The Hall–Kier alpha value is -4.11. The van der Waals surface area contributed by atoms with Crippen molar-refractivity contribution in [1.29, 1.82) is 0 Å². The smallest absolute Gasteiger partial charge is 0.270 e. The van der Waals surface area contributed by atoms with Crippen LogP contribution >= 0.6 is 15.9 Å². The monoisotopic (exact) mass is 543 g/mol. The number of fused-ring (bicyclic) bond motifs is 5. The Kier molecular flexibility index (Phi) is 5.11. The van der Waals surface area contributed by atoms with Gasteiger partial charge in [0.05, 0.1) is 28.5 Å². The maximum atomic E-state index is 13.9. The quantitative estimate of drug-likeness (QED) is 0.203. The number of imide groups is 1. The second-order valence-corrected chi connectivity index (χ2v) is 9.91. The lowest BCUT2D eigenvalue weighted by atomic mass is 9.83. The van der Waals surface area contributed by atoms with E-state index >= 15 is 0 Å². The number of Topliss-reactive ketones (excluding diaryl/α,β-unsaturated/α-hetero) is 1. The van der Waals surface area contributed by atoms with Crippen molar-refractivity contribution in [1.82, 2.24) is 4.90 Å². The number of hydrogen-bond acceptors (Lipinski definition) is 6. The van der Waals surface area contributed by atoms with Crippen molar-refractivity contribution in [2.45, 2.75) is 12.1 Å². The van der Waals surface area contributed by atoms with Gasteiger partial charge in [0.25, 0.3) is 5.69 Å². The number of carbonyl (C=O) groups is 3. The number of carbonyl (C=O) groups excluding carboxylic acids is 3. The van der Waals surface area contributed by atoms with Crippen LogP contribution in [0.3, 0.4) is 0 Å². The summed E-state index contributed by atoms with van der Waals surface area (Å²) in [5.74, 6) is -2.95. The van der Waals surface area contributed by atoms with Crippen LogP contribution in [-0.4, -0.2) is 33.5 Å².